The van der Waals surface area contributed by atoms with Crippen LogP contribution in [0.15, 0.2) is 72.8 Å². The molecule has 0 heterocycles. The lowest BCUT2D eigenvalue weighted by molar-refractivity contribution is -0.119. The van der Waals surface area contributed by atoms with E-state index in [4.69, 9.17) is 23.2 Å². The van der Waals surface area contributed by atoms with Crippen LogP contribution in [0.3, 0.4) is 0 Å². The van der Waals surface area contributed by atoms with Crippen LogP contribution in [-0.2, 0) is 9.59 Å². The molecule has 3 aromatic rings. The molecular formula is C25H23Cl2N3O3. The number of para-hydroxylation sites is 2. The highest BCUT2D eigenvalue weighted by Gasteiger charge is 2.18. The normalized spacial score (nSPS) is 10.7. The van der Waals surface area contributed by atoms with E-state index in [0.717, 1.165) is 0 Å². The SMILES string of the molecule is CCN(CC(=O)Nc1ccccc1C(=O)c1ccccc1)CC(=O)Nc1c(Cl)cccc1Cl. The quantitative estimate of drug-likeness (QED) is 0.413. The van der Waals surface area contributed by atoms with Crippen LogP contribution in [0.2, 0.25) is 10.0 Å². The smallest absolute Gasteiger partial charge is 0.238 e. The molecule has 0 saturated heterocycles. The van der Waals surface area contributed by atoms with E-state index in [-0.39, 0.29) is 30.7 Å². The van der Waals surface area contributed by atoms with Gasteiger partial charge in [0, 0.05) is 11.1 Å². The molecule has 0 fully saturated rings. The first-order valence-corrected chi connectivity index (χ1v) is 11.1. The number of ketones is 1. The van der Waals surface area contributed by atoms with Crippen molar-refractivity contribution in [1.29, 1.82) is 0 Å². The fourth-order valence-corrected chi connectivity index (χ4v) is 3.70. The van der Waals surface area contributed by atoms with E-state index in [1.165, 1.54) is 0 Å². The molecule has 0 aliphatic heterocycles. The van der Waals surface area contributed by atoms with Gasteiger partial charge in [-0.2, -0.15) is 0 Å². The standard InChI is InChI=1S/C25H23Cl2N3O3/c1-2-30(16-23(32)29-24-19(26)12-8-13-20(24)27)15-22(31)28-21-14-7-6-11-18(21)25(33)17-9-4-3-5-10-17/h3-14H,2,15-16H2,1H3,(H,28,31)(H,29,32). The molecule has 0 saturated carbocycles. The highest BCUT2D eigenvalue weighted by Crippen LogP contribution is 2.29. The molecule has 0 spiro atoms. The number of amides is 2. The van der Waals surface area contributed by atoms with E-state index in [1.54, 1.807) is 71.6 Å². The van der Waals surface area contributed by atoms with E-state index in [1.807, 2.05) is 13.0 Å². The summed E-state index contributed by atoms with van der Waals surface area (Å²) >= 11 is 12.2. The number of anilines is 2. The Kier molecular flexibility index (Phi) is 8.60. The highest BCUT2D eigenvalue weighted by atomic mass is 35.5. The van der Waals surface area contributed by atoms with Gasteiger partial charge >= 0.3 is 0 Å². The predicted molar refractivity (Wildman–Crippen MR) is 132 cm³/mol. The van der Waals surface area contributed by atoms with Crippen molar-refractivity contribution in [3.8, 4) is 0 Å². The summed E-state index contributed by atoms with van der Waals surface area (Å²) in [6.45, 7) is 2.24. The maximum Gasteiger partial charge on any atom is 0.238 e. The van der Waals surface area contributed by atoms with Crippen LogP contribution in [0.25, 0.3) is 0 Å². The van der Waals surface area contributed by atoms with Gasteiger partial charge in [-0.25, -0.2) is 0 Å². The molecule has 3 rings (SSSR count). The van der Waals surface area contributed by atoms with Gasteiger partial charge < -0.3 is 10.6 Å². The fraction of sp³-hybridized carbons (Fsp3) is 0.160. The summed E-state index contributed by atoms with van der Waals surface area (Å²) in [6.07, 6.45) is 0. The van der Waals surface area contributed by atoms with Gasteiger partial charge in [0.15, 0.2) is 5.78 Å². The summed E-state index contributed by atoms with van der Waals surface area (Å²) in [5.74, 6) is -0.872. The monoisotopic (exact) mass is 483 g/mol. The summed E-state index contributed by atoms with van der Waals surface area (Å²) in [6, 6.07) is 20.6. The molecule has 0 radical (unpaired) electrons. The van der Waals surface area contributed by atoms with Gasteiger partial charge in [0.2, 0.25) is 11.8 Å². The second kappa shape index (κ2) is 11.6. The second-order valence-electron chi connectivity index (χ2n) is 7.24. The van der Waals surface area contributed by atoms with Gasteiger partial charge in [-0.15, -0.1) is 0 Å². The molecule has 6 nitrogen and oxygen atoms in total. The van der Waals surface area contributed by atoms with Crippen LogP contribution >= 0.6 is 23.2 Å². The molecule has 0 bridgehead atoms. The van der Waals surface area contributed by atoms with Crippen LogP contribution < -0.4 is 10.6 Å². The molecule has 170 valence electrons. The number of carbonyl (C=O) groups is 3. The van der Waals surface area contributed by atoms with Crippen LogP contribution in [0, 0.1) is 0 Å². The largest absolute Gasteiger partial charge is 0.324 e. The molecule has 0 atom stereocenters. The zero-order chi connectivity index (χ0) is 23.8. The molecule has 2 amide bonds. The molecule has 0 aliphatic rings. The number of halogens is 2. The third-order valence-corrected chi connectivity index (χ3v) is 5.52. The lowest BCUT2D eigenvalue weighted by Gasteiger charge is -2.20. The van der Waals surface area contributed by atoms with E-state index in [0.29, 0.717) is 39.1 Å². The average molecular weight is 484 g/mol. The minimum atomic E-state index is -0.348. The van der Waals surface area contributed by atoms with Gasteiger partial charge in [0.25, 0.3) is 0 Å². The lowest BCUT2D eigenvalue weighted by Crippen LogP contribution is -2.38. The Balaban J connectivity index is 1.64. The second-order valence-corrected chi connectivity index (χ2v) is 8.05. The van der Waals surface area contributed by atoms with Gasteiger partial charge in [-0.3, -0.25) is 19.3 Å². The first kappa shape index (κ1) is 24.5. The van der Waals surface area contributed by atoms with Gasteiger partial charge in [-0.05, 0) is 30.8 Å². The van der Waals surface area contributed by atoms with Crippen molar-refractivity contribution in [1.82, 2.24) is 4.90 Å². The van der Waals surface area contributed by atoms with Gasteiger partial charge in [0.1, 0.15) is 0 Å². The molecule has 3 aromatic carbocycles. The van der Waals surface area contributed by atoms with Crippen molar-refractivity contribution >= 4 is 52.2 Å². The molecule has 33 heavy (non-hydrogen) atoms. The maximum atomic E-state index is 12.9. The average Bonchev–Trinajstić information content (AvgIpc) is 2.81. The van der Waals surface area contributed by atoms with Crippen molar-refractivity contribution < 1.29 is 14.4 Å². The number of hydrogen-bond acceptors (Lipinski definition) is 4. The number of hydrogen-bond donors (Lipinski definition) is 2. The Bertz CT molecular complexity index is 1130. The topological polar surface area (TPSA) is 78.5 Å². The number of carbonyl (C=O) groups excluding carboxylic acids is 3. The number of rotatable bonds is 9. The van der Waals surface area contributed by atoms with Crippen LogP contribution in [0.1, 0.15) is 22.8 Å². The fourth-order valence-electron chi connectivity index (χ4n) is 3.21. The van der Waals surface area contributed by atoms with E-state index in [2.05, 4.69) is 10.6 Å². The summed E-state index contributed by atoms with van der Waals surface area (Å²) < 4.78 is 0. The molecular weight excluding hydrogens is 461 g/mol. The summed E-state index contributed by atoms with van der Waals surface area (Å²) in [5, 5.41) is 6.14. The minimum Gasteiger partial charge on any atom is -0.324 e. The van der Waals surface area contributed by atoms with Gasteiger partial charge in [0.05, 0.1) is 34.5 Å². The van der Waals surface area contributed by atoms with E-state index in [9.17, 15) is 14.4 Å². The van der Waals surface area contributed by atoms with Crippen molar-refractivity contribution in [3.05, 3.63) is 94.0 Å². The predicted octanol–water partition coefficient (Wildman–Crippen LogP) is 5.12. The molecule has 2 N–H and O–H groups in total. The number of nitrogens with zero attached hydrogens (tertiary/aromatic N) is 1. The van der Waals surface area contributed by atoms with Crippen LogP contribution in [-0.4, -0.2) is 42.1 Å². The minimum absolute atomic E-state index is 0.0317. The van der Waals surface area contributed by atoms with Crippen molar-refractivity contribution in [2.45, 2.75) is 6.92 Å². The zero-order valence-electron chi connectivity index (χ0n) is 18.0. The van der Waals surface area contributed by atoms with Crippen molar-refractivity contribution in [2.24, 2.45) is 0 Å². The van der Waals surface area contributed by atoms with Crippen molar-refractivity contribution in [2.75, 3.05) is 30.3 Å². The van der Waals surface area contributed by atoms with Crippen molar-refractivity contribution in [3.63, 3.8) is 0 Å². The Morgan fingerprint density at radius 2 is 1.33 bits per heavy atom. The summed E-state index contributed by atoms with van der Waals surface area (Å²) in [5.41, 5.74) is 1.68. The lowest BCUT2D eigenvalue weighted by atomic mass is 10.0. The molecule has 0 aromatic heterocycles. The van der Waals surface area contributed by atoms with Gasteiger partial charge in [-0.1, -0.05) is 78.7 Å². The molecule has 8 heteroatoms. The Morgan fingerprint density at radius 1 is 0.758 bits per heavy atom. The van der Waals surface area contributed by atoms with Crippen LogP contribution in [0.4, 0.5) is 11.4 Å². The Labute approximate surface area is 202 Å². The summed E-state index contributed by atoms with van der Waals surface area (Å²) in [4.78, 5) is 39.7. The Hall–Kier alpha value is -3.19. The third kappa shape index (κ3) is 6.65. The van der Waals surface area contributed by atoms with E-state index >= 15 is 0 Å². The molecule has 0 aliphatic carbocycles. The van der Waals surface area contributed by atoms with Crippen LogP contribution in [0.5, 0.6) is 0 Å². The number of benzene rings is 3. The number of likely N-dealkylation sites (N-methyl/N-ethyl adjacent to an activating group) is 1. The highest BCUT2D eigenvalue weighted by molar-refractivity contribution is 6.39. The zero-order valence-corrected chi connectivity index (χ0v) is 19.5. The molecule has 0 unspecified atom stereocenters. The van der Waals surface area contributed by atoms with E-state index < -0.39 is 0 Å². The Morgan fingerprint density at radius 3 is 1.97 bits per heavy atom. The first-order valence-electron chi connectivity index (χ1n) is 10.3. The third-order valence-electron chi connectivity index (χ3n) is 4.89. The first-order chi connectivity index (χ1) is 15.9. The maximum absolute atomic E-state index is 12.9. The summed E-state index contributed by atoms with van der Waals surface area (Å²) in [7, 11) is 0. The number of nitrogens with one attached hydrogen (secondary N) is 2.